The van der Waals surface area contributed by atoms with Crippen molar-refractivity contribution in [3.05, 3.63) is 11.1 Å². The Morgan fingerprint density at radius 3 is 2.41 bits per heavy atom. The van der Waals surface area contributed by atoms with Gasteiger partial charge in [-0.2, -0.15) is 0 Å². The van der Waals surface area contributed by atoms with Gasteiger partial charge in [0.05, 0.1) is 0 Å². The van der Waals surface area contributed by atoms with Crippen LogP contribution in [-0.2, 0) is 9.59 Å². The maximum absolute atomic E-state index is 12.6. The average molecular weight is 232 g/mol. The highest BCUT2D eigenvalue weighted by Gasteiger charge is 2.68. The molecule has 4 atom stereocenters. The summed E-state index contributed by atoms with van der Waals surface area (Å²) < 4.78 is 0. The molecular weight excluding hydrogens is 212 g/mol. The molecule has 4 bridgehead atoms. The predicted molar refractivity (Wildman–Crippen MR) is 65.4 cm³/mol. The molecule has 92 valence electrons. The highest BCUT2D eigenvalue weighted by Crippen LogP contribution is 2.66. The van der Waals surface area contributed by atoms with E-state index in [1.165, 1.54) is 11.1 Å². The van der Waals surface area contributed by atoms with Crippen LogP contribution in [0.25, 0.3) is 0 Å². The summed E-state index contributed by atoms with van der Waals surface area (Å²) in [4.78, 5) is 24.9. The summed E-state index contributed by atoms with van der Waals surface area (Å²) in [6.07, 6.45) is 2.21. The van der Waals surface area contributed by atoms with Gasteiger partial charge in [0.25, 0.3) is 0 Å². The van der Waals surface area contributed by atoms with Gasteiger partial charge in [0.2, 0.25) is 0 Å². The molecule has 1 unspecified atom stereocenters. The largest absolute Gasteiger partial charge is 0.299 e. The van der Waals surface area contributed by atoms with Gasteiger partial charge in [-0.15, -0.1) is 0 Å². The normalized spacial score (nSPS) is 47.9. The van der Waals surface area contributed by atoms with Crippen molar-refractivity contribution in [2.45, 2.75) is 47.0 Å². The molecule has 4 fully saturated rings. The Balaban J connectivity index is 2.22. The van der Waals surface area contributed by atoms with Crippen LogP contribution < -0.4 is 0 Å². The SMILES string of the molecule is CC(C)=C1C[C@]2(C)C(=O)[C@@]3(C)CC(=O)[C@@H]2C1C3. The molecule has 0 aromatic rings. The number of Topliss-reactive ketones (excluding diaryl/α,β-unsaturated/α-hetero) is 2. The summed E-state index contributed by atoms with van der Waals surface area (Å²) in [6, 6.07) is 0. The molecule has 4 saturated carbocycles. The number of fused-ring (bicyclic) bond motifs is 1. The van der Waals surface area contributed by atoms with Crippen molar-refractivity contribution >= 4 is 11.6 Å². The molecule has 0 N–H and O–H groups in total. The Hall–Kier alpha value is -0.920. The second-order valence-electron chi connectivity index (χ2n) is 6.94. The van der Waals surface area contributed by atoms with Gasteiger partial charge in [0, 0.05) is 23.2 Å². The van der Waals surface area contributed by atoms with Crippen LogP contribution in [0, 0.1) is 22.7 Å². The lowest BCUT2D eigenvalue weighted by atomic mass is 9.49. The summed E-state index contributed by atoms with van der Waals surface area (Å²) in [5.74, 6) is 1.03. The first-order chi connectivity index (χ1) is 7.79. The fourth-order valence-electron chi connectivity index (χ4n) is 4.79. The van der Waals surface area contributed by atoms with E-state index in [0.717, 1.165) is 12.8 Å². The first-order valence-corrected chi connectivity index (χ1v) is 6.53. The summed E-state index contributed by atoms with van der Waals surface area (Å²) in [6.45, 7) is 8.26. The van der Waals surface area contributed by atoms with E-state index in [9.17, 15) is 9.59 Å². The van der Waals surface area contributed by atoms with Gasteiger partial charge in [-0.3, -0.25) is 9.59 Å². The van der Waals surface area contributed by atoms with Gasteiger partial charge in [0.15, 0.2) is 0 Å². The lowest BCUT2D eigenvalue weighted by Gasteiger charge is -2.51. The lowest BCUT2D eigenvalue weighted by molar-refractivity contribution is -0.162. The quantitative estimate of drug-likeness (QED) is 0.602. The molecule has 4 aliphatic carbocycles. The molecule has 0 aliphatic heterocycles. The molecule has 0 heterocycles. The Bertz CT molecular complexity index is 469. The Kier molecular flexibility index (Phi) is 1.91. The number of rotatable bonds is 0. The topological polar surface area (TPSA) is 34.1 Å². The Morgan fingerprint density at radius 2 is 1.82 bits per heavy atom. The summed E-state index contributed by atoms with van der Waals surface area (Å²) in [5, 5.41) is 0. The van der Waals surface area contributed by atoms with E-state index in [1.54, 1.807) is 0 Å². The molecule has 4 aliphatic rings. The van der Waals surface area contributed by atoms with Gasteiger partial charge >= 0.3 is 0 Å². The number of carbonyl (C=O) groups excluding carboxylic acids is 2. The molecule has 0 saturated heterocycles. The van der Waals surface area contributed by atoms with Crippen LogP contribution in [0.1, 0.15) is 47.0 Å². The molecule has 0 aromatic heterocycles. The van der Waals surface area contributed by atoms with Crippen molar-refractivity contribution in [3.8, 4) is 0 Å². The van der Waals surface area contributed by atoms with Crippen molar-refractivity contribution in [1.29, 1.82) is 0 Å². The van der Waals surface area contributed by atoms with E-state index >= 15 is 0 Å². The van der Waals surface area contributed by atoms with Crippen molar-refractivity contribution < 1.29 is 9.59 Å². The monoisotopic (exact) mass is 232 g/mol. The van der Waals surface area contributed by atoms with E-state index in [0.29, 0.717) is 23.9 Å². The van der Waals surface area contributed by atoms with Crippen molar-refractivity contribution in [1.82, 2.24) is 0 Å². The van der Waals surface area contributed by atoms with Crippen LogP contribution in [0.2, 0.25) is 0 Å². The standard InChI is InChI=1S/C15H20O2/c1-8(2)9-6-15(4)12-10(9)5-14(3,13(15)17)7-11(12)16/h10,12H,5-7H2,1-4H3/t10?,12-,14+,15-/m0/s1. The van der Waals surface area contributed by atoms with Gasteiger partial charge in [0.1, 0.15) is 11.6 Å². The second kappa shape index (κ2) is 2.90. The maximum Gasteiger partial charge on any atom is 0.146 e. The fraction of sp³-hybridized carbons (Fsp3) is 0.733. The van der Waals surface area contributed by atoms with Crippen molar-refractivity contribution in [2.24, 2.45) is 22.7 Å². The molecular formula is C15H20O2. The van der Waals surface area contributed by atoms with Crippen LogP contribution in [0.5, 0.6) is 0 Å². The first-order valence-electron chi connectivity index (χ1n) is 6.53. The molecule has 0 aromatic carbocycles. The highest BCUT2D eigenvalue weighted by molar-refractivity contribution is 6.05. The van der Waals surface area contributed by atoms with E-state index in [-0.39, 0.29) is 16.7 Å². The first kappa shape index (κ1) is 11.2. The average Bonchev–Trinajstić information content (AvgIpc) is 2.47. The van der Waals surface area contributed by atoms with Crippen LogP contribution in [-0.4, -0.2) is 11.6 Å². The molecule has 0 radical (unpaired) electrons. The second-order valence-corrected chi connectivity index (χ2v) is 6.94. The maximum atomic E-state index is 12.6. The van der Waals surface area contributed by atoms with Crippen LogP contribution >= 0.6 is 0 Å². The van der Waals surface area contributed by atoms with Gasteiger partial charge < -0.3 is 0 Å². The van der Waals surface area contributed by atoms with Gasteiger partial charge in [-0.25, -0.2) is 0 Å². The zero-order valence-corrected chi connectivity index (χ0v) is 11.1. The fourth-order valence-corrected chi connectivity index (χ4v) is 4.79. The molecule has 4 rings (SSSR count). The minimum Gasteiger partial charge on any atom is -0.299 e. The molecule has 2 nitrogen and oxygen atoms in total. The van der Waals surface area contributed by atoms with Crippen LogP contribution in [0.3, 0.4) is 0 Å². The van der Waals surface area contributed by atoms with Gasteiger partial charge in [-0.05, 0) is 32.6 Å². The van der Waals surface area contributed by atoms with E-state index < -0.39 is 0 Å². The Morgan fingerprint density at radius 1 is 1.18 bits per heavy atom. The van der Waals surface area contributed by atoms with Crippen molar-refractivity contribution in [3.63, 3.8) is 0 Å². The molecule has 17 heavy (non-hydrogen) atoms. The Labute approximate surface area is 102 Å². The molecule has 0 amide bonds. The zero-order chi connectivity index (χ0) is 12.6. The van der Waals surface area contributed by atoms with E-state index in [1.807, 2.05) is 13.8 Å². The zero-order valence-electron chi connectivity index (χ0n) is 11.1. The predicted octanol–water partition coefficient (Wildman–Crippen LogP) is 2.92. The number of allylic oxidation sites excluding steroid dienone is 2. The van der Waals surface area contributed by atoms with E-state index in [4.69, 9.17) is 0 Å². The van der Waals surface area contributed by atoms with Crippen LogP contribution in [0.15, 0.2) is 11.1 Å². The minimum absolute atomic E-state index is 0.0123. The molecule has 2 heteroatoms. The lowest BCUT2D eigenvalue weighted by Crippen LogP contribution is -2.57. The number of carbonyl (C=O) groups is 2. The smallest absolute Gasteiger partial charge is 0.146 e. The number of ketones is 2. The van der Waals surface area contributed by atoms with Gasteiger partial charge in [-0.1, -0.05) is 25.0 Å². The van der Waals surface area contributed by atoms with E-state index in [2.05, 4.69) is 13.8 Å². The number of hydrogen-bond donors (Lipinski definition) is 0. The third-order valence-electron chi connectivity index (χ3n) is 5.38. The minimum atomic E-state index is -0.389. The van der Waals surface area contributed by atoms with Crippen LogP contribution in [0.4, 0.5) is 0 Å². The third-order valence-corrected chi connectivity index (χ3v) is 5.38. The number of hydrogen-bond acceptors (Lipinski definition) is 2. The summed E-state index contributed by atoms with van der Waals surface area (Å²) in [7, 11) is 0. The summed E-state index contributed by atoms with van der Waals surface area (Å²) in [5.41, 5.74) is 1.94. The summed E-state index contributed by atoms with van der Waals surface area (Å²) >= 11 is 0. The third kappa shape index (κ3) is 1.12. The van der Waals surface area contributed by atoms with Crippen molar-refractivity contribution in [2.75, 3.05) is 0 Å². The molecule has 0 spiro atoms. The highest BCUT2D eigenvalue weighted by atomic mass is 16.1.